The van der Waals surface area contributed by atoms with Gasteiger partial charge in [-0.3, -0.25) is 4.79 Å². The highest BCUT2D eigenvalue weighted by Crippen LogP contribution is 2.43. The van der Waals surface area contributed by atoms with Gasteiger partial charge in [0.05, 0.1) is 19.6 Å². The van der Waals surface area contributed by atoms with Gasteiger partial charge in [0.15, 0.2) is 0 Å². The summed E-state index contributed by atoms with van der Waals surface area (Å²) in [6, 6.07) is 14.2. The minimum atomic E-state index is -0.405. The van der Waals surface area contributed by atoms with Crippen LogP contribution in [0.4, 0.5) is 4.39 Å². The molecule has 2 aliphatic rings. The van der Waals surface area contributed by atoms with E-state index >= 15 is 0 Å². The van der Waals surface area contributed by atoms with Gasteiger partial charge >= 0.3 is 0 Å². The summed E-state index contributed by atoms with van der Waals surface area (Å²) in [6.45, 7) is 1.47. The Morgan fingerprint density at radius 2 is 2.00 bits per heavy atom. The number of nitrogens with zero attached hydrogens (tertiary/aromatic N) is 1. The van der Waals surface area contributed by atoms with Gasteiger partial charge in [0.1, 0.15) is 11.6 Å². The van der Waals surface area contributed by atoms with E-state index in [0.29, 0.717) is 31.7 Å². The molecule has 0 radical (unpaired) electrons. The summed E-state index contributed by atoms with van der Waals surface area (Å²) in [7, 11) is 0. The zero-order chi connectivity index (χ0) is 18.1. The van der Waals surface area contributed by atoms with Crippen LogP contribution in [0.1, 0.15) is 11.1 Å². The monoisotopic (exact) mass is 355 g/mol. The molecule has 1 fully saturated rings. The van der Waals surface area contributed by atoms with Gasteiger partial charge in [0.2, 0.25) is 5.91 Å². The van der Waals surface area contributed by atoms with E-state index in [1.807, 2.05) is 24.3 Å². The van der Waals surface area contributed by atoms with Crippen LogP contribution in [0.15, 0.2) is 48.5 Å². The summed E-state index contributed by atoms with van der Waals surface area (Å²) in [5.41, 5.74) is 1.06. The summed E-state index contributed by atoms with van der Waals surface area (Å²) < 4.78 is 19.8. The van der Waals surface area contributed by atoms with E-state index in [4.69, 9.17) is 4.74 Å². The van der Waals surface area contributed by atoms with E-state index in [-0.39, 0.29) is 30.7 Å². The average Bonchev–Trinajstić information content (AvgIpc) is 2.94. The van der Waals surface area contributed by atoms with Crippen LogP contribution in [0.2, 0.25) is 0 Å². The average molecular weight is 355 g/mol. The predicted molar refractivity (Wildman–Crippen MR) is 95.3 cm³/mol. The molecule has 5 heteroatoms. The number of hydrogen-bond acceptors (Lipinski definition) is 3. The number of hydrogen-bond donors (Lipinski definition) is 1. The number of benzene rings is 2. The normalized spacial score (nSPS) is 24.4. The molecular weight excluding hydrogens is 333 g/mol. The van der Waals surface area contributed by atoms with Gasteiger partial charge in [-0.05, 0) is 29.7 Å². The minimum Gasteiger partial charge on any atom is -0.493 e. The highest BCUT2D eigenvalue weighted by atomic mass is 19.1. The first kappa shape index (κ1) is 17.0. The molecule has 2 aliphatic heterocycles. The Labute approximate surface area is 152 Å². The Bertz CT molecular complexity index is 824. The fraction of sp³-hybridized carbons (Fsp3) is 0.381. The number of fused-ring (bicyclic) bond motifs is 2. The smallest absolute Gasteiger partial charge is 0.227 e. The third-order valence-electron chi connectivity index (χ3n) is 5.73. The molecule has 0 spiro atoms. The molecule has 1 saturated heterocycles. The highest BCUT2D eigenvalue weighted by molar-refractivity contribution is 5.79. The van der Waals surface area contributed by atoms with Crippen molar-refractivity contribution in [1.82, 2.24) is 4.90 Å². The van der Waals surface area contributed by atoms with Crippen LogP contribution in [0.25, 0.3) is 0 Å². The molecule has 1 amide bonds. The van der Waals surface area contributed by atoms with Crippen molar-refractivity contribution >= 4 is 5.91 Å². The van der Waals surface area contributed by atoms with E-state index in [1.54, 1.807) is 23.1 Å². The molecule has 2 aromatic rings. The third kappa shape index (κ3) is 2.97. The molecule has 0 aromatic heterocycles. The van der Waals surface area contributed by atoms with E-state index in [1.165, 1.54) is 6.07 Å². The minimum absolute atomic E-state index is 0.00115. The van der Waals surface area contributed by atoms with Crippen LogP contribution in [0.3, 0.4) is 0 Å². The number of rotatable bonds is 3. The lowest BCUT2D eigenvalue weighted by Crippen LogP contribution is -2.38. The molecule has 26 heavy (non-hydrogen) atoms. The number of carbonyl (C=O) groups excluding carboxylic acids is 1. The van der Waals surface area contributed by atoms with E-state index in [9.17, 15) is 14.3 Å². The Morgan fingerprint density at radius 3 is 2.81 bits per heavy atom. The van der Waals surface area contributed by atoms with Crippen molar-refractivity contribution in [3.8, 4) is 5.75 Å². The van der Waals surface area contributed by atoms with Gasteiger partial charge < -0.3 is 14.7 Å². The van der Waals surface area contributed by atoms with Gasteiger partial charge in [0.25, 0.3) is 0 Å². The molecule has 0 bridgehead atoms. The van der Waals surface area contributed by atoms with Crippen molar-refractivity contribution in [1.29, 1.82) is 0 Å². The fourth-order valence-electron chi connectivity index (χ4n) is 4.16. The molecule has 0 unspecified atom stereocenters. The van der Waals surface area contributed by atoms with Crippen LogP contribution in [0, 0.1) is 17.2 Å². The lowest BCUT2D eigenvalue weighted by atomic mass is 9.75. The maximum atomic E-state index is 13.9. The second kappa shape index (κ2) is 6.72. The molecule has 0 aliphatic carbocycles. The standard InChI is InChI=1S/C21H22FNO3/c22-18-7-3-1-5-15(18)9-20(25)23-11-17-12-26-19-8-4-2-6-16(19)10-21(17,13-23)14-24/h1-8,17,24H,9-14H2/t17-,21-/m0/s1. The number of carbonyl (C=O) groups is 1. The molecule has 2 aromatic carbocycles. The van der Waals surface area contributed by atoms with Crippen LogP contribution >= 0.6 is 0 Å². The van der Waals surface area contributed by atoms with Crippen molar-refractivity contribution in [2.45, 2.75) is 12.8 Å². The number of amides is 1. The second-order valence-electron chi connectivity index (χ2n) is 7.36. The van der Waals surface area contributed by atoms with Crippen molar-refractivity contribution in [2.24, 2.45) is 11.3 Å². The van der Waals surface area contributed by atoms with Gasteiger partial charge in [0, 0.05) is 24.4 Å². The van der Waals surface area contributed by atoms with E-state index < -0.39 is 5.41 Å². The third-order valence-corrected chi connectivity index (χ3v) is 5.73. The molecular formula is C21H22FNO3. The summed E-state index contributed by atoms with van der Waals surface area (Å²) in [4.78, 5) is 14.5. The first-order chi connectivity index (χ1) is 12.6. The zero-order valence-corrected chi connectivity index (χ0v) is 14.5. The van der Waals surface area contributed by atoms with Crippen LogP contribution in [0.5, 0.6) is 5.75 Å². The predicted octanol–water partition coefficient (Wildman–Crippen LogP) is 2.44. The number of likely N-dealkylation sites (tertiary alicyclic amines) is 1. The summed E-state index contributed by atoms with van der Waals surface area (Å²) in [5, 5.41) is 10.2. The first-order valence-corrected chi connectivity index (χ1v) is 8.94. The van der Waals surface area contributed by atoms with E-state index in [2.05, 4.69) is 0 Å². The maximum Gasteiger partial charge on any atom is 0.227 e. The number of ether oxygens (including phenoxy) is 1. The van der Waals surface area contributed by atoms with Gasteiger partial charge in [-0.15, -0.1) is 0 Å². The first-order valence-electron chi connectivity index (χ1n) is 8.94. The topological polar surface area (TPSA) is 49.8 Å². The molecule has 2 heterocycles. The summed E-state index contributed by atoms with van der Waals surface area (Å²) in [6.07, 6.45) is 0.714. The van der Waals surface area contributed by atoms with Crippen molar-refractivity contribution in [2.75, 3.05) is 26.3 Å². The van der Waals surface area contributed by atoms with Crippen molar-refractivity contribution in [3.63, 3.8) is 0 Å². The Balaban J connectivity index is 1.54. The number of halogens is 1. The van der Waals surface area contributed by atoms with Crippen LogP contribution < -0.4 is 4.74 Å². The van der Waals surface area contributed by atoms with Crippen molar-refractivity contribution in [3.05, 3.63) is 65.5 Å². The Kier molecular flexibility index (Phi) is 4.41. The Hall–Kier alpha value is -2.40. The summed E-state index contributed by atoms with van der Waals surface area (Å²) >= 11 is 0. The molecule has 0 saturated carbocycles. The molecule has 2 atom stereocenters. The van der Waals surface area contributed by atoms with Gasteiger partial charge in [-0.25, -0.2) is 4.39 Å². The molecule has 4 nitrogen and oxygen atoms in total. The number of para-hydroxylation sites is 1. The van der Waals surface area contributed by atoms with E-state index in [0.717, 1.165) is 11.3 Å². The van der Waals surface area contributed by atoms with Gasteiger partial charge in [-0.1, -0.05) is 36.4 Å². The zero-order valence-electron chi connectivity index (χ0n) is 14.5. The Morgan fingerprint density at radius 1 is 1.23 bits per heavy atom. The highest BCUT2D eigenvalue weighted by Gasteiger charge is 2.49. The quantitative estimate of drug-likeness (QED) is 0.920. The lowest BCUT2D eigenvalue weighted by Gasteiger charge is -2.30. The van der Waals surface area contributed by atoms with Crippen LogP contribution in [-0.2, 0) is 17.6 Å². The fourth-order valence-corrected chi connectivity index (χ4v) is 4.16. The van der Waals surface area contributed by atoms with Crippen LogP contribution in [-0.4, -0.2) is 42.2 Å². The summed E-state index contributed by atoms with van der Waals surface area (Å²) in [5.74, 6) is 0.455. The molecule has 4 rings (SSSR count). The largest absolute Gasteiger partial charge is 0.493 e. The second-order valence-corrected chi connectivity index (χ2v) is 7.36. The maximum absolute atomic E-state index is 13.9. The lowest BCUT2D eigenvalue weighted by molar-refractivity contribution is -0.130. The number of aliphatic hydroxyl groups is 1. The van der Waals surface area contributed by atoms with Crippen molar-refractivity contribution < 1.29 is 19.0 Å². The van der Waals surface area contributed by atoms with Gasteiger partial charge in [-0.2, -0.15) is 0 Å². The molecule has 136 valence electrons. The number of aliphatic hydroxyl groups excluding tert-OH is 1. The SMILES string of the molecule is O=C(Cc1ccccc1F)N1C[C@H]2COc3ccccc3C[C@@]2(CO)C1. The molecule has 1 N–H and O–H groups in total.